The van der Waals surface area contributed by atoms with Crippen LogP contribution >= 0.6 is 23.1 Å². The Bertz CT molecular complexity index is 1140. The molecule has 8 heteroatoms. The molecule has 6 nitrogen and oxygen atoms in total. The lowest BCUT2D eigenvalue weighted by Gasteiger charge is -2.26. The summed E-state index contributed by atoms with van der Waals surface area (Å²) in [4.78, 5) is 31.5. The molecule has 1 aliphatic rings. The number of fused-ring (bicyclic) bond motifs is 3. The maximum atomic E-state index is 13.6. The first-order valence-corrected chi connectivity index (χ1v) is 11.6. The lowest BCUT2D eigenvalue weighted by Crippen LogP contribution is -2.29. The van der Waals surface area contributed by atoms with E-state index in [-0.39, 0.29) is 11.7 Å². The van der Waals surface area contributed by atoms with E-state index >= 15 is 0 Å². The SMILES string of the molecule is CC(Sc1nc2sc3c(c2c(=O)n1Cc1ccccc1)CC(C(C)C)OC3)C(=O)O. The van der Waals surface area contributed by atoms with Crippen molar-refractivity contribution < 1.29 is 14.6 Å². The van der Waals surface area contributed by atoms with Crippen molar-refractivity contribution >= 4 is 39.3 Å². The summed E-state index contributed by atoms with van der Waals surface area (Å²) in [6.07, 6.45) is 0.783. The Labute approximate surface area is 182 Å². The molecule has 0 aliphatic carbocycles. The molecule has 2 unspecified atom stereocenters. The van der Waals surface area contributed by atoms with Gasteiger partial charge in [-0.15, -0.1) is 11.3 Å². The van der Waals surface area contributed by atoms with E-state index in [1.54, 1.807) is 11.5 Å². The third-order valence-corrected chi connectivity index (χ3v) is 7.53. The molecule has 0 spiro atoms. The number of carboxylic acid groups (broad SMARTS) is 1. The van der Waals surface area contributed by atoms with Crippen LogP contribution in [0.2, 0.25) is 0 Å². The van der Waals surface area contributed by atoms with Crippen molar-refractivity contribution in [2.45, 2.75) is 56.9 Å². The van der Waals surface area contributed by atoms with Crippen molar-refractivity contribution in [3.05, 3.63) is 56.7 Å². The Morgan fingerprint density at radius 3 is 2.73 bits per heavy atom. The van der Waals surface area contributed by atoms with Crippen LogP contribution in [0.5, 0.6) is 0 Å². The molecule has 1 aromatic carbocycles. The van der Waals surface area contributed by atoms with Crippen molar-refractivity contribution in [2.24, 2.45) is 5.92 Å². The molecular weight excluding hydrogens is 420 g/mol. The summed E-state index contributed by atoms with van der Waals surface area (Å²) in [7, 11) is 0. The highest BCUT2D eigenvalue weighted by Gasteiger charge is 2.29. The number of aliphatic carboxylic acids is 1. The van der Waals surface area contributed by atoms with Crippen LogP contribution in [0.25, 0.3) is 10.2 Å². The molecule has 0 saturated heterocycles. The molecule has 4 rings (SSSR count). The highest BCUT2D eigenvalue weighted by Crippen LogP contribution is 2.36. The summed E-state index contributed by atoms with van der Waals surface area (Å²) in [5.74, 6) is -0.571. The molecule has 0 bridgehead atoms. The zero-order valence-electron chi connectivity index (χ0n) is 17.1. The Morgan fingerprint density at radius 1 is 1.33 bits per heavy atom. The average Bonchev–Trinajstić information content (AvgIpc) is 3.09. The zero-order valence-corrected chi connectivity index (χ0v) is 18.8. The topological polar surface area (TPSA) is 81.4 Å². The molecule has 1 aliphatic heterocycles. The molecule has 0 fully saturated rings. The van der Waals surface area contributed by atoms with E-state index in [0.717, 1.165) is 27.8 Å². The molecule has 0 radical (unpaired) electrons. The van der Waals surface area contributed by atoms with E-state index in [4.69, 9.17) is 9.72 Å². The van der Waals surface area contributed by atoms with Gasteiger partial charge in [0.05, 0.1) is 24.6 Å². The number of hydrogen-bond acceptors (Lipinski definition) is 6. The van der Waals surface area contributed by atoms with E-state index in [1.165, 1.54) is 11.3 Å². The van der Waals surface area contributed by atoms with Crippen molar-refractivity contribution in [3.8, 4) is 0 Å². The second-order valence-corrected chi connectivity index (χ2v) is 10.2. The molecule has 158 valence electrons. The molecule has 30 heavy (non-hydrogen) atoms. The number of hydrogen-bond donors (Lipinski definition) is 1. The molecule has 2 atom stereocenters. The number of carbonyl (C=O) groups is 1. The monoisotopic (exact) mass is 444 g/mol. The highest BCUT2D eigenvalue weighted by molar-refractivity contribution is 8.00. The first-order valence-electron chi connectivity index (χ1n) is 9.95. The van der Waals surface area contributed by atoms with Crippen LogP contribution in [-0.4, -0.2) is 32.0 Å². The largest absolute Gasteiger partial charge is 0.480 e. The quantitative estimate of drug-likeness (QED) is 0.454. The number of thioether (sulfide) groups is 1. The van der Waals surface area contributed by atoms with E-state index in [9.17, 15) is 14.7 Å². The van der Waals surface area contributed by atoms with Crippen LogP contribution in [0.4, 0.5) is 0 Å². The fourth-order valence-corrected chi connectivity index (χ4v) is 5.58. The minimum atomic E-state index is -0.931. The molecule has 3 aromatic rings. The van der Waals surface area contributed by atoms with Gasteiger partial charge in [0.25, 0.3) is 5.56 Å². The van der Waals surface area contributed by atoms with Gasteiger partial charge in [0.15, 0.2) is 5.16 Å². The van der Waals surface area contributed by atoms with Crippen LogP contribution in [-0.2, 0) is 29.1 Å². The van der Waals surface area contributed by atoms with Gasteiger partial charge in [-0.2, -0.15) is 0 Å². The first kappa shape index (κ1) is 21.1. The summed E-state index contributed by atoms with van der Waals surface area (Å²) in [6, 6.07) is 9.69. The second-order valence-electron chi connectivity index (χ2n) is 7.85. The van der Waals surface area contributed by atoms with Crippen molar-refractivity contribution in [1.82, 2.24) is 9.55 Å². The molecule has 0 amide bonds. The van der Waals surface area contributed by atoms with Gasteiger partial charge in [-0.25, -0.2) is 4.98 Å². The van der Waals surface area contributed by atoms with Crippen molar-refractivity contribution in [2.75, 3.05) is 0 Å². The number of rotatable bonds is 6. The van der Waals surface area contributed by atoms with Gasteiger partial charge in [-0.1, -0.05) is 55.9 Å². The highest BCUT2D eigenvalue weighted by atomic mass is 32.2. The summed E-state index contributed by atoms with van der Waals surface area (Å²) < 4.78 is 7.60. The predicted molar refractivity (Wildman–Crippen MR) is 119 cm³/mol. The Hall–Kier alpha value is -2.16. The van der Waals surface area contributed by atoms with Crippen molar-refractivity contribution in [1.29, 1.82) is 0 Å². The van der Waals surface area contributed by atoms with Gasteiger partial charge in [0.1, 0.15) is 10.1 Å². The molecule has 2 aromatic heterocycles. The molecule has 1 N–H and O–H groups in total. The summed E-state index contributed by atoms with van der Waals surface area (Å²) in [6.45, 7) is 6.70. The van der Waals surface area contributed by atoms with Crippen LogP contribution in [0.3, 0.4) is 0 Å². The fourth-order valence-electron chi connectivity index (χ4n) is 3.57. The average molecular weight is 445 g/mol. The zero-order chi connectivity index (χ0) is 21.4. The van der Waals surface area contributed by atoms with Gasteiger partial charge < -0.3 is 9.84 Å². The van der Waals surface area contributed by atoms with Crippen LogP contribution in [0.1, 0.15) is 36.8 Å². The fraction of sp³-hybridized carbons (Fsp3) is 0.409. The minimum absolute atomic E-state index is 0.0818. The number of benzene rings is 1. The summed E-state index contributed by atoms with van der Waals surface area (Å²) >= 11 is 2.59. The standard InChI is InChI=1S/C22H24N2O4S2/c1-12(2)16-9-15-17(11-28-16)30-19-18(15)20(25)24(10-14-7-5-4-6-8-14)22(23-19)29-13(3)21(26)27/h4-8,12-13,16H,9-11H2,1-3H3,(H,26,27). The van der Waals surface area contributed by atoms with Gasteiger partial charge in [-0.3, -0.25) is 14.2 Å². The van der Waals surface area contributed by atoms with Crippen molar-refractivity contribution in [3.63, 3.8) is 0 Å². The smallest absolute Gasteiger partial charge is 0.316 e. The number of carboxylic acids is 1. The minimum Gasteiger partial charge on any atom is -0.480 e. The third-order valence-electron chi connectivity index (χ3n) is 5.35. The number of aromatic nitrogens is 2. The summed E-state index contributed by atoms with van der Waals surface area (Å²) in [5, 5.41) is 9.76. The van der Waals surface area contributed by atoms with Crippen LogP contribution in [0.15, 0.2) is 40.3 Å². The Balaban J connectivity index is 1.86. The Kier molecular flexibility index (Phi) is 5.99. The normalized spacial score (nSPS) is 17.3. The predicted octanol–water partition coefficient (Wildman–Crippen LogP) is 4.17. The lowest BCUT2D eigenvalue weighted by atomic mass is 9.96. The first-order chi connectivity index (χ1) is 14.3. The molecule has 0 saturated carbocycles. The van der Waals surface area contributed by atoms with Gasteiger partial charge in [0.2, 0.25) is 0 Å². The number of thiophene rings is 1. The Morgan fingerprint density at radius 2 is 2.07 bits per heavy atom. The van der Waals surface area contributed by atoms with E-state index in [0.29, 0.717) is 40.9 Å². The van der Waals surface area contributed by atoms with Gasteiger partial charge >= 0.3 is 5.97 Å². The van der Waals surface area contributed by atoms with E-state index in [1.807, 2.05) is 30.3 Å². The van der Waals surface area contributed by atoms with Crippen LogP contribution in [0, 0.1) is 5.92 Å². The number of nitrogens with zero attached hydrogens (tertiary/aromatic N) is 2. The molecule has 3 heterocycles. The maximum Gasteiger partial charge on any atom is 0.316 e. The van der Waals surface area contributed by atoms with Gasteiger partial charge in [-0.05, 0) is 24.0 Å². The van der Waals surface area contributed by atoms with Gasteiger partial charge in [0, 0.05) is 11.3 Å². The summed E-state index contributed by atoms with van der Waals surface area (Å²) in [5.41, 5.74) is 1.91. The van der Waals surface area contributed by atoms with E-state index in [2.05, 4.69) is 13.8 Å². The van der Waals surface area contributed by atoms with E-state index < -0.39 is 11.2 Å². The lowest BCUT2D eigenvalue weighted by molar-refractivity contribution is -0.136. The van der Waals surface area contributed by atoms with Crippen LogP contribution < -0.4 is 5.56 Å². The third kappa shape index (κ3) is 4.04. The second kappa shape index (κ2) is 8.53. The molecular formula is C22H24N2O4S2. The maximum absolute atomic E-state index is 13.6. The number of ether oxygens (including phenoxy) is 1.